The number of halogens is 1. The number of aromatic hydroxyl groups is 1. The molecule has 0 radical (unpaired) electrons. The van der Waals surface area contributed by atoms with E-state index in [-0.39, 0.29) is 11.5 Å². The molecule has 2 amide bonds. The van der Waals surface area contributed by atoms with Crippen molar-refractivity contribution in [1.29, 1.82) is 0 Å². The van der Waals surface area contributed by atoms with Gasteiger partial charge in [0.05, 0.1) is 0 Å². The van der Waals surface area contributed by atoms with Crippen LogP contribution in [0, 0.1) is 5.92 Å². The number of hydrogen-bond acceptors (Lipinski definition) is 6. The standard InChI is InChI=1S/C21H21BrN2O6/c1-12(3-10-19(27)24-29)20(17-11-15(22)6-9-18(17)26)30-21(28)23-16-7-4-14(5-8-16)13(2)25/h3-12,20,26,29H,1-2H3,(H,23,28)(H,24,27)/b10-3+/t12-,20-/m0/s1. The number of ketones is 1. The summed E-state index contributed by atoms with van der Waals surface area (Å²) in [6.07, 6.45) is 0.795. The van der Waals surface area contributed by atoms with Crippen LogP contribution in [0.5, 0.6) is 5.75 Å². The molecule has 0 aromatic heterocycles. The summed E-state index contributed by atoms with van der Waals surface area (Å²) >= 11 is 3.32. The largest absolute Gasteiger partial charge is 0.508 e. The molecule has 0 unspecified atom stereocenters. The lowest BCUT2D eigenvalue weighted by Gasteiger charge is -2.23. The van der Waals surface area contributed by atoms with Crippen molar-refractivity contribution in [1.82, 2.24) is 5.48 Å². The van der Waals surface area contributed by atoms with Crippen molar-refractivity contribution in [2.75, 3.05) is 5.32 Å². The molecule has 4 N–H and O–H groups in total. The van der Waals surface area contributed by atoms with E-state index in [9.17, 15) is 19.5 Å². The fourth-order valence-electron chi connectivity index (χ4n) is 2.64. The highest BCUT2D eigenvalue weighted by atomic mass is 79.9. The van der Waals surface area contributed by atoms with Crippen molar-refractivity contribution in [3.63, 3.8) is 0 Å². The molecular weight excluding hydrogens is 456 g/mol. The maximum atomic E-state index is 12.5. The zero-order valence-corrected chi connectivity index (χ0v) is 17.8. The molecule has 0 saturated carbocycles. The Morgan fingerprint density at radius 2 is 1.80 bits per heavy atom. The van der Waals surface area contributed by atoms with Crippen LogP contribution in [0.2, 0.25) is 0 Å². The number of hydroxylamine groups is 1. The molecule has 0 bridgehead atoms. The number of carbonyl (C=O) groups is 3. The summed E-state index contributed by atoms with van der Waals surface area (Å²) in [5, 5.41) is 21.5. The number of carbonyl (C=O) groups excluding carboxylic acids is 3. The maximum Gasteiger partial charge on any atom is 0.412 e. The molecule has 0 fully saturated rings. The molecule has 0 aliphatic rings. The number of ether oxygens (including phenoxy) is 1. The molecule has 0 aliphatic carbocycles. The highest BCUT2D eigenvalue weighted by Gasteiger charge is 2.25. The van der Waals surface area contributed by atoms with Crippen LogP contribution in [0.4, 0.5) is 10.5 Å². The first kappa shape index (κ1) is 23.1. The van der Waals surface area contributed by atoms with Gasteiger partial charge in [-0.05, 0) is 49.4 Å². The highest BCUT2D eigenvalue weighted by Crippen LogP contribution is 2.35. The monoisotopic (exact) mass is 476 g/mol. The minimum Gasteiger partial charge on any atom is -0.508 e. The van der Waals surface area contributed by atoms with E-state index in [0.29, 0.717) is 21.3 Å². The van der Waals surface area contributed by atoms with Crippen LogP contribution in [0.25, 0.3) is 0 Å². The van der Waals surface area contributed by atoms with Crippen LogP contribution < -0.4 is 10.8 Å². The van der Waals surface area contributed by atoms with Crippen LogP contribution in [0.1, 0.15) is 35.9 Å². The molecule has 0 heterocycles. The summed E-state index contributed by atoms with van der Waals surface area (Å²) in [6.45, 7) is 3.12. The second kappa shape index (κ2) is 10.6. The smallest absolute Gasteiger partial charge is 0.412 e. The number of phenols is 1. The Kier molecular flexibility index (Phi) is 8.14. The van der Waals surface area contributed by atoms with E-state index >= 15 is 0 Å². The van der Waals surface area contributed by atoms with Crippen molar-refractivity contribution in [3.05, 3.63) is 70.2 Å². The van der Waals surface area contributed by atoms with Gasteiger partial charge in [0.25, 0.3) is 5.91 Å². The van der Waals surface area contributed by atoms with E-state index in [0.717, 1.165) is 6.08 Å². The van der Waals surface area contributed by atoms with Gasteiger partial charge in [-0.1, -0.05) is 28.9 Å². The Labute approximate surface area is 181 Å². The topological polar surface area (TPSA) is 125 Å². The third kappa shape index (κ3) is 6.43. The van der Waals surface area contributed by atoms with Crippen molar-refractivity contribution >= 4 is 39.4 Å². The SMILES string of the molecule is CC(=O)c1ccc(NC(=O)O[C@H](c2cc(Br)ccc2O)[C@@H](C)/C=C/C(=O)NO)cc1. The third-order valence-electron chi connectivity index (χ3n) is 4.21. The van der Waals surface area contributed by atoms with E-state index in [1.807, 2.05) is 0 Å². The Hall–Kier alpha value is -3.17. The molecule has 8 nitrogen and oxygen atoms in total. The predicted octanol–water partition coefficient (Wildman–Crippen LogP) is 4.34. The zero-order valence-electron chi connectivity index (χ0n) is 16.3. The highest BCUT2D eigenvalue weighted by molar-refractivity contribution is 9.10. The van der Waals surface area contributed by atoms with Gasteiger partial charge in [-0.2, -0.15) is 0 Å². The number of phenolic OH excluding ortho intramolecular Hbond substituents is 1. The van der Waals surface area contributed by atoms with Gasteiger partial charge in [0.1, 0.15) is 11.9 Å². The average molecular weight is 477 g/mol. The fraction of sp³-hybridized carbons (Fsp3) is 0.190. The summed E-state index contributed by atoms with van der Waals surface area (Å²) in [7, 11) is 0. The van der Waals surface area contributed by atoms with Crippen LogP contribution in [-0.2, 0) is 9.53 Å². The van der Waals surface area contributed by atoms with Crippen LogP contribution in [0.15, 0.2) is 59.1 Å². The summed E-state index contributed by atoms with van der Waals surface area (Å²) < 4.78 is 6.20. The van der Waals surface area contributed by atoms with Gasteiger partial charge in [0.2, 0.25) is 0 Å². The second-order valence-corrected chi connectivity index (χ2v) is 7.40. The van der Waals surface area contributed by atoms with E-state index in [2.05, 4.69) is 21.2 Å². The molecule has 9 heteroatoms. The van der Waals surface area contributed by atoms with E-state index in [1.165, 1.54) is 24.5 Å². The lowest BCUT2D eigenvalue weighted by atomic mass is 9.96. The maximum absolute atomic E-state index is 12.5. The molecule has 158 valence electrons. The molecular formula is C21H21BrN2O6. The van der Waals surface area contributed by atoms with Crippen molar-refractivity contribution < 1.29 is 29.4 Å². The molecule has 2 rings (SSSR count). The minimum atomic E-state index is -0.943. The van der Waals surface area contributed by atoms with E-state index < -0.39 is 24.0 Å². The van der Waals surface area contributed by atoms with Gasteiger partial charge in [0.15, 0.2) is 5.78 Å². The summed E-state index contributed by atoms with van der Waals surface area (Å²) in [5.41, 5.74) is 2.73. The molecule has 0 spiro atoms. The number of anilines is 1. The fourth-order valence-corrected chi connectivity index (χ4v) is 3.01. The third-order valence-corrected chi connectivity index (χ3v) is 4.70. The first-order valence-electron chi connectivity index (χ1n) is 8.90. The number of Topliss-reactive ketones (excluding diaryl/α,β-unsaturated/α-hetero) is 1. The number of amides is 2. The Balaban J connectivity index is 2.24. The quantitative estimate of drug-likeness (QED) is 0.204. The molecule has 2 aromatic carbocycles. The summed E-state index contributed by atoms with van der Waals surface area (Å²) in [6, 6.07) is 11.0. The van der Waals surface area contributed by atoms with Crippen molar-refractivity contribution in [2.45, 2.75) is 20.0 Å². The van der Waals surface area contributed by atoms with Gasteiger partial charge in [0, 0.05) is 33.3 Å². The van der Waals surface area contributed by atoms with Crippen molar-refractivity contribution in [3.8, 4) is 5.75 Å². The van der Waals surface area contributed by atoms with Gasteiger partial charge in [-0.15, -0.1) is 0 Å². The average Bonchev–Trinajstić information content (AvgIpc) is 2.72. The second-order valence-electron chi connectivity index (χ2n) is 6.48. The first-order valence-corrected chi connectivity index (χ1v) is 9.70. The number of benzene rings is 2. The summed E-state index contributed by atoms with van der Waals surface area (Å²) in [5.74, 6) is -1.46. The lowest BCUT2D eigenvalue weighted by molar-refractivity contribution is -0.124. The Morgan fingerprint density at radius 3 is 2.40 bits per heavy atom. The number of hydrogen-bond donors (Lipinski definition) is 4. The van der Waals surface area contributed by atoms with Gasteiger partial charge < -0.3 is 9.84 Å². The van der Waals surface area contributed by atoms with Gasteiger partial charge in [-0.3, -0.25) is 20.1 Å². The predicted molar refractivity (Wildman–Crippen MR) is 113 cm³/mol. The number of nitrogens with one attached hydrogen (secondary N) is 2. The number of rotatable bonds is 7. The summed E-state index contributed by atoms with van der Waals surface area (Å²) in [4.78, 5) is 35.1. The molecule has 0 aliphatic heterocycles. The van der Waals surface area contributed by atoms with Gasteiger partial charge in [-0.25, -0.2) is 10.3 Å². The molecule has 30 heavy (non-hydrogen) atoms. The minimum absolute atomic E-state index is 0.0892. The zero-order chi connectivity index (χ0) is 22.3. The first-order chi connectivity index (χ1) is 14.2. The Bertz CT molecular complexity index is 958. The molecule has 0 saturated heterocycles. The van der Waals surface area contributed by atoms with E-state index in [4.69, 9.17) is 9.94 Å². The van der Waals surface area contributed by atoms with E-state index in [1.54, 1.807) is 43.3 Å². The van der Waals surface area contributed by atoms with Crippen LogP contribution in [-0.4, -0.2) is 28.1 Å². The molecule has 2 atom stereocenters. The van der Waals surface area contributed by atoms with Crippen molar-refractivity contribution in [2.24, 2.45) is 5.92 Å². The molecule has 2 aromatic rings. The Morgan fingerprint density at radius 1 is 1.13 bits per heavy atom. The van der Waals surface area contributed by atoms with Crippen LogP contribution >= 0.6 is 15.9 Å². The normalized spacial score (nSPS) is 12.8. The van der Waals surface area contributed by atoms with Gasteiger partial charge >= 0.3 is 6.09 Å². The van der Waals surface area contributed by atoms with Crippen LogP contribution in [0.3, 0.4) is 0 Å². The lowest BCUT2D eigenvalue weighted by Crippen LogP contribution is -2.22.